The van der Waals surface area contributed by atoms with E-state index in [4.69, 9.17) is 4.74 Å². The van der Waals surface area contributed by atoms with Crippen molar-refractivity contribution in [3.8, 4) is 5.75 Å². The van der Waals surface area contributed by atoms with Crippen LogP contribution in [0.4, 0.5) is 0 Å². The van der Waals surface area contributed by atoms with E-state index >= 15 is 0 Å². The molecule has 4 heteroatoms. The number of nitrogens with one attached hydrogen (secondary N) is 1. The summed E-state index contributed by atoms with van der Waals surface area (Å²) in [6.07, 6.45) is 0. The van der Waals surface area contributed by atoms with E-state index in [-0.39, 0.29) is 0 Å². The van der Waals surface area contributed by atoms with Crippen molar-refractivity contribution in [3.63, 3.8) is 0 Å². The molecule has 0 spiro atoms. The molecular weight excluding hydrogens is 370 g/mol. The standard InChI is InChI=1S/C15H15Br2NO/c1-19-15-6-5-14(17)8-12(15)10-18-9-11-3-2-4-13(16)7-11/h2-8,18H,9-10H2,1H3. The van der Waals surface area contributed by atoms with Gasteiger partial charge in [0.1, 0.15) is 5.75 Å². The fourth-order valence-electron chi connectivity index (χ4n) is 1.87. The lowest BCUT2D eigenvalue weighted by Crippen LogP contribution is -2.13. The topological polar surface area (TPSA) is 21.3 Å². The molecule has 0 fully saturated rings. The van der Waals surface area contributed by atoms with Crippen LogP contribution in [-0.4, -0.2) is 7.11 Å². The van der Waals surface area contributed by atoms with Gasteiger partial charge in [0.15, 0.2) is 0 Å². The van der Waals surface area contributed by atoms with Crippen molar-refractivity contribution >= 4 is 31.9 Å². The molecule has 0 amide bonds. The van der Waals surface area contributed by atoms with Gasteiger partial charge in [0, 0.05) is 27.6 Å². The molecule has 0 heterocycles. The van der Waals surface area contributed by atoms with E-state index < -0.39 is 0 Å². The minimum absolute atomic E-state index is 0.773. The van der Waals surface area contributed by atoms with Crippen LogP contribution in [0.15, 0.2) is 51.4 Å². The summed E-state index contributed by atoms with van der Waals surface area (Å²) >= 11 is 6.96. The van der Waals surface area contributed by atoms with Crippen LogP contribution in [0.25, 0.3) is 0 Å². The van der Waals surface area contributed by atoms with Gasteiger partial charge in [-0.2, -0.15) is 0 Å². The molecule has 0 aliphatic carbocycles. The van der Waals surface area contributed by atoms with Crippen molar-refractivity contribution in [1.29, 1.82) is 0 Å². The number of halogens is 2. The maximum atomic E-state index is 5.35. The van der Waals surface area contributed by atoms with Crippen LogP contribution in [0, 0.1) is 0 Å². The first-order valence-electron chi connectivity index (χ1n) is 5.96. The Morgan fingerprint density at radius 1 is 1.00 bits per heavy atom. The summed E-state index contributed by atoms with van der Waals surface area (Å²) in [6, 6.07) is 14.3. The molecule has 2 aromatic carbocycles. The maximum absolute atomic E-state index is 5.35. The molecule has 2 nitrogen and oxygen atoms in total. The van der Waals surface area contributed by atoms with Crippen LogP contribution in [0.1, 0.15) is 11.1 Å². The zero-order valence-corrected chi connectivity index (χ0v) is 13.8. The fourth-order valence-corrected chi connectivity index (χ4v) is 2.73. The average molecular weight is 385 g/mol. The van der Waals surface area contributed by atoms with Crippen molar-refractivity contribution in [3.05, 3.63) is 62.5 Å². The van der Waals surface area contributed by atoms with Crippen LogP contribution in [0.5, 0.6) is 5.75 Å². The van der Waals surface area contributed by atoms with Crippen molar-refractivity contribution in [1.82, 2.24) is 5.32 Å². The number of hydrogen-bond acceptors (Lipinski definition) is 2. The molecule has 0 aromatic heterocycles. The Morgan fingerprint density at radius 3 is 2.53 bits per heavy atom. The Balaban J connectivity index is 1.97. The Bertz CT molecular complexity index is 558. The molecule has 0 radical (unpaired) electrons. The lowest BCUT2D eigenvalue weighted by molar-refractivity contribution is 0.407. The first-order valence-corrected chi connectivity index (χ1v) is 7.55. The Labute approximate surface area is 130 Å². The van der Waals surface area contributed by atoms with Crippen LogP contribution in [0.2, 0.25) is 0 Å². The molecule has 0 saturated heterocycles. The summed E-state index contributed by atoms with van der Waals surface area (Å²) in [5.41, 5.74) is 2.40. The molecule has 2 rings (SSSR count). The van der Waals surface area contributed by atoms with Crippen molar-refractivity contribution < 1.29 is 4.74 Å². The SMILES string of the molecule is COc1ccc(Br)cc1CNCc1cccc(Br)c1. The van der Waals surface area contributed by atoms with E-state index in [1.54, 1.807) is 7.11 Å². The Kier molecular flexibility index (Phi) is 5.43. The number of methoxy groups -OCH3 is 1. The molecule has 0 atom stereocenters. The number of rotatable bonds is 5. The summed E-state index contributed by atoms with van der Waals surface area (Å²) in [5.74, 6) is 0.907. The summed E-state index contributed by atoms with van der Waals surface area (Å²) in [6.45, 7) is 1.60. The van der Waals surface area contributed by atoms with Gasteiger partial charge in [-0.25, -0.2) is 0 Å². The predicted octanol–water partition coefficient (Wildman–Crippen LogP) is 4.51. The molecule has 0 aliphatic rings. The van der Waals surface area contributed by atoms with E-state index in [0.717, 1.165) is 33.3 Å². The smallest absolute Gasteiger partial charge is 0.123 e. The van der Waals surface area contributed by atoms with E-state index in [1.165, 1.54) is 5.56 Å². The second-order valence-corrected chi connectivity index (χ2v) is 6.02. The molecule has 2 aromatic rings. The first-order chi connectivity index (χ1) is 9.19. The highest BCUT2D eigenvalue weighted by Crippen LogP contribution is 2.22. The van der Waals surface area contributed by atoms with E-state index in [1.807, 2.05) is 24.3 Å². The number of ether oxygens (including phenoxy) is 1. The molecule has 0 saturated carbocycles. The van der Waals surface area contributed by atoms with Gasteiger partial charge in [0.2, 0.25) is 0 Å². The van der Waals surface area contributed by atoms with E-state index in [0.29, 0.717) is 0 Å². The summed E-state index contributed by atoms with van der Waals surface area (Å²) in [7, 11) is 1.70. The largest absolute Gasteiger partial charge is 0.496 e. The van der Waals surface area contributed by atoms with Gasteiger partial charge in [-0.1, -0.05) is 44.0 Å². The third-order valence-electron chi connectivity index (χ3n) is 2.78. The molecule has 19 heavy (non-hydrogen) atoms. The lowest BCUT2D eigenvalue weighted by atomic mass is 10.2. The van der Waals surface area contributed by atoms with E-state index in [9.17, 15) is 0 Å². The van der Waals surface area contributed by atoms with Gasteiger partial charge in [-0.15, -0.1) is 0 Å². The predicted molar refractivity (Wildman–Crippen MR) is 85.4 cm³/mol. The highest BCUT2D eigenvalue weighted by Gasteiger charge is 2.03. The van der Waals surface area contributed by atoms with Crippen LogP contribution >= 0.6 is 31.9 Å². The van der Waals surface area contributed by atoms with Gasteiger partial charge in [0.05, 0.1) is 7.11 Å². The average Bonchev–Trinajstić information content (AvgIpc) is 2.39. The summed E-state index contributed by atoms with van der Waals surface area (Å²) < 4.78 is 7.52. The maximum Gasteiger partial charge on any atom is 0.123 e. The van der Waals surface area contributed by atoms with Crippen molar-refractivity contribution in [2.24, 2.45) is 0 Å². The fraction of sp³-hybridized carbons (Fsp3) is 0.200. The quantitative estimate of drug-likeness (QED) is 0.818. The second kappa shape index (κ2) is 7.08. The monoisotopic (exact) mass is 383 g/mol. The van der Waals surface area contributed by atoms with Crippen molar-refractivity contribution in [2.75, 3.05) is 7.11 Å². The van der Waals surface area contributed by atoms with Crippen molar-refractivity contribution in [2.45, 2.75) is 13.1 Å². The molecule has 0 aliphatic heterocycles. The molecular formula is C15H15Br2NO. The van der Waals surface area contributed by atoms with Gasteiger partial charge in [-0.3, -0.25) is 0 Å². The van der Waals surface area contributed by atoms with E-state index in [2.05, 4.69) is 55.4 Å². The Morgan fingerprint density at radius 2 is 1.79 bits per heavy atom. The van der Waals surface area contributed by atoms with Crippen LogP contribution in [0.3, 0.4) is 0 Å². The van der Waals surface area contributed by atoms with Gasteiger partial charge in [0.25, 0.3) is 0 Å². The molecule has 1 N–H and O–H groups in total. The van der Waals surface area contributed by atoms with Gasteiger partial charge >= 0.3 is 0 Å². The highest BCUT2D eigenvalue weighted by atomic mass is 79.9. The minimum atomic E-state index is 0.773. The Hall–Kier alpha value is -0.840. The molecule has 0 unspecified atom stereocenters. The summed E-state index contributed by atoms with van der Waals surface area (Å²) in [5, 5.41) is 3.43. The summed E-state index contributed by atoms with van der Waals surface area (Å²) in [4.78, 5) is 0. The first kappa shape index (κ1) is 14.6. The third-order valence-corrected chi connectivity index (χ3v) is 3.76. The van der Waals surface area contributed by atoms with Gasteiger partial charge in [-0.05, 0) is 35.9 Å². The molecule has 0 bridgehead atoms. The number of benzene rings is 2. The van der Waals surface area contributed by atoms with Gasteiger partial charge < -0.3 is 10.1 Å². The normalized spacial score (nSPS) is 10.5. The van der Waals surface area contributed by atoms with Crippen LogP contribution < -0.4 is 10.1 Å². The zero-order valence-electron chi connectivity index (χ0n) is 10.6. The lowest BCUT2D eigenvalue weighted by Gasteiger charge is -2.10. The number of hydrogen-bond donors (Lipinski definition) is 1. The second-order valence-electron chi connectivity index (χ2n) is 4.19. The molecule has 100 valence electrons. The highest BCUT2D eigenvalue weighted by molar-refractivity contribution is 9.10. The zero-order chi connectivity index (χ0) is 13.7. The van der Waals surface area contributed by atoms with Crippen LogP contribution in [-0.2, 0) is 13.1 Å². The third kappa shape index (κ3) is 4.34. The minimum Gasteiger partial charge on any atom is -0.496 e.